The molecule has 0 aromatic heterocycles. The van der Waals surface area contributed by atoms with Crippen LogP contribution in [0.4, 0.5) is 0 Å². The van der Waals surface area contributed by atoms with Crippen LogP contribution in [0.15, 0.2) is 47.6 Å². The van der Waals surface area contributed by atoms with E-state index in [2.05, 4.69) is 0 Å². The Hall–Kier alpha value is -3.16. The third-order valence-electron chi connectivity index (χ3n) is 4.28. The Balaban J connectivity index is 1.92. The Kier molecular flexibility index (Phi) is 6.46. The van der Waals surface area contributed by atoms with Gasteiger partial charge in [-0.25, -0.2) is 19.2 Å². The van der Waals surface area contributed by atoms with Crippen molar-refractivity contribution in [1.82, 2.24) is 0 Å². The zero-order chi connectivity index (χ0) is 21.8. The minimum Gasteiger partial charge on any atom is -0.419 e. The van der Waals surface area contributed by atoms with E-state index >= 15 is 0 Å². The first-order valence-electron chi connectivity index (χ1n) is 9.12. The summed E-state index contributed by atoms with van der Waals surface area (Å²) >= 11 is 0. The molecule has 0 N–H and O–H groups in total. The van der Waals surface area contributed by atoms with Crippen LogP contribution < -0.4 is 0 Å². The second kappa shape index (κ2) is 8.46. The number of allylic oxidation sites excluding steroid dienone is 6. The van der Waals surface area contributed by atoms with Gasteiger partial charge in [-0.3, -0.25) is 0 Å². The standard InChI is InChI=1S/C21H24O8/c1-13(2)21(5)28-18(24)15(19(25)29-21)12-10-8-6-7-9-11-14-16(22)26-20(3,4)27-17(14)23/h6-9,11-13H,10H2,1-5H3/b8-6+,9-7?,15-12?. The van der Waals surface area contributed by atoms with E-state index in [4.69, 9.17) is 18.9 Å². The van der Waals surface area contributed by atoms with Crippen LogP contribution in [-0.2, 0) is 38.1 Å². The van der Waals surface area contributed by atoms with Crippen molar-refractivity contribution in [2.75, 3.05) is 0 Å². The van der Waals surface area contributed by atoms with E-state index in [0.717, 1.165) is 0 Å². The van der Waals surface area contributed by atoms with E-state index in [1.54, 1.807) is 39.0 Å². The Morgan fingerprint density at radius 1 is 0.759 bits per heavy atom. The molecule has 0 spiro atoms. The lowest BCUT2D eigenvalue weighted by Crippen LogP contribution is -2.47. The van der Waals surface area contributed by atoms with E-state index < -0.39 is 35.5 Å². The number of cyclic esters (lactones) is 4. The van der Waals surface area contributed by atoms with E-state index in [9.17, 15) is 19.2 Å². The van der Waals surface area contributed by atoms with Crippen molar-refractivity contribution in [3.63, 3.8) is 0 Å². The zero-order valence-corrected chi connectivity index (χ0v) is 17.0. The average Bonchev–Trinajstić information content (AvgIpc) is 2.56. The molecule has 0 aromatic rings. The van der Waals surface area contributed by atoms with E-state index in [0.29, 0.717) is 0 Å². The lowest BCUT2D eigenvalue weighted by atomic mass is 10.0. The highest BCUT2D eigenvalue weighted by atomic mass is 16.8. The molecule has 2 rings (SSSR count). The molecule has 8 heteroatoms. The van der Waals surface area contributed by atoms with Gasteiger partial charge >= 0.3 is 23.9 Å². The number of hydrogen-bond donors (Lipinski definition) is 0. The molecule has 0 saturated carbocycles. The van der Waals surface area contributed by atoms with Gasteiger partial charge in [-0.1, -0.05) is 44.2 Å². The van der Waals surface area contributed by atoms with E-state index in [-0.39, 0.29) is 23.5 Å². The summed E-state index contributed by atoms with van der Waals surface area (Å²) in [6, 6.07) is 0. The van der Waals surface area contributed by atoms with Crippen molar-refractivity contribution in [1.29, 1.82) is 0 Å². The maximum atomic E-state index is 12.0. The quantitative estimate of drug-likeness (QED) is 0.298. The van der Waals surface area contributed by atoms with E-state index in [1.165, 1.54) is 32.1 Å². The topological polar surface area (TPSA) is 105 Å². The van der Waals surface area contributed by atoms with Crippen LogP contribution in [0, 0.1) is 5.92 Å². The van der Waals surface area contributed by atoms with Crippen molar-refractivity contribution >= 4 is 23.9 Å². The normalized spacial score (nSPS) is 24.5. The molecule has 2 heterocycles. The second-order valence-corrected chi connectivity index (χ2v) is 7.38. The summed E-state index contributed by atoms with van der Waals surface area (Å²) < 4.78 is 20.4. The van der Waals surface area contributed by atoms with Crippen molar-refractivity contribution in [2.24, 2.45) is 5.92 Å². The summed E-state index contributed by atoms with van der Waals surface area (Å²) in [6.45, 7) is 8.05. The molecular weight excluding hydrogens is 380 g/mol. The van der Waals surface area contributed by atoms with Gasteiger partial charge in [-0.05, 0) is 12.5 Å². The van der Waals surface area contributed by atoms with Crippen molar-refractivity contribution in [3.05, 3.63) is 47.6 Å². The smallest absolute Gasteiger partial charge is 0.348 e. The van der Waals surface area contributed by atoms with Crippen LogP contribution in [0.3, 0.4) is 0 Å². The average molecular weight is 404 g/mol. The highest BCUT2D eigenvalue weighted by molar-refractivity contribution is 6.16. The van der Waals surface area contributed by atoms with Gasteiger partial charge in [0.25, 0.3) is 11.6 Å². The lowest BCUT2D eigenvalue weighted by molar-refractivity contribution is -0.243. The summed E-state index contributed by atoms with van der Waals surface area (Å²) in [5.74, 6) is -5.68. The van der Waals surface area contributed by atoms with Gasteiger partial charge in [-0.15, -0.1) is 0 Å². The van der Waals surface area contributed by atoms with Gasteiger partial charge in [-0.2, -0.15) is 0 Å². The molecule has 0 amide bonds. The summed E-state index contributed by atoms with van der Waals surface area (Å²) in [7, 11) is 0. The van der Waals surface area contributed by atoms with E-state index in [1.807, 2.05) is 0 Å². The van der Waals surface area contributed by atoms with Crippen molar-refractivity contribution in [3.8, 4) is 0 Å². The molecule has 0 aliphatic carbocycles. The van der Waals surface area contributed by atoms with Crippen LogP contribution in [0.2, 0.25) is 0 Å². The first-order chi connectivity index (χ1) is 13.4. The Morgan fingerprint density at radius 2 is 1.28 bits per heavy atom. The van der Waals surface area contributed by atoms with Gasteiger partial charge in [0.1, 0.15) is 11.1 Å². The fraction of sp³-hybridized carbons (Fsp3) is 0.429. The molecule has 0 bridgehead atoms. The molecular formula is C21H24O8. The summed E-state index contributed by atoms with van der Waals surface area (Å²) in [5.41, 5.74) is -0.369. The van der Waals surface area contributed by atoms with Crippen LogP contribution in [0.5, 0.6) is 0 Å². The third-order valence-corrected chi connectivity index (χ3v) is 4.28. The third kappa shape index (κ3) is 5.43. The fourth-order valence-corrected chi connectivity index (χ4v) is 2.34. The highest BCUT2D eigenvalue weighted by Crippen LogP contribution is 2.30. The van der Waals surface area contributed by atoms with Crippen molar-refractivity contribution < 1.29 is 38.1 Å². The maximum Gasteiger partial charge on any atom is 0.348 e. The highest BCUT2D eigenvalue weighted by Gasteiger charge is 2.44. The molecule has 0 radical (unpaired) electrons. The molecule has 2 aliphatic rings. The molecule has 156 valence electrons. The SMILES string of the molecule is CC(C)C1(C)OC(=O)C(=CC/C=C/C=CC=C2C(=O)OC(C)(C)OC2=O)C(=O)O1. The first-order valence-corrected chi connectivity index (χ1v) is 9.12. The predicted molar refractivity (Wildman–Crippen MR) is 101 cm³/mol. The van der Waals surface area contributed by atoms with Gasteiger partial charge in [0.2, 0.25) is 0 Å². The number of carbonyl (C=O) groups excluding carboxylic acids is 4. The predicted octanol–water partition coefficient (Wildman–Crippen LogP) is 2.65. The Morgan fingerprint density at radius 3 is 1.79 bits per heavy atom. The molecule has 29 heavy (non-hydrogen) atoms. The summed E-state index contributed by atoms with van der Waals surface area (Å²) in [4.78, 5) is 47.6. The number of ether oxygens (including phenoxy) is 4. The number of carbonyl (C=O) groups is 4. The maximum absolute atomic E-state index is 12.0. The number of hydrogen-bond acceptors (Lipinski definition) is 8. The van der Waals surface area contributed by atoms with Gasteiger partial charge in [0, 0.05) is 26.7 Å². The zero-order valence-electron chi connectivity index (χ0n) is 17.0. The molecule has 2 aliphatic heterocycles. The Bertz CT molecular complexity index is 797. The summed E-state index contributed by atoms with van der Waals surface area (Å²) in [5, 5.41) is 0. The molecule has 0 aromatic carbocycles. The first kappa shape index (κ1) is 22.1. The van der Waals surface area contributed by atoms with Crippen LogP contribution in [-0.4, -0.2) is 35.5 Å². The molecule has 8 nitrogen and oxygen atoms in total. The number of rotatable bonds is 5. The largest absolute Gasteiger partial charge is 0.419 e. The molecule has 2 fully saturated rings. The van der Waals surface area contributed by atoms with Gasteiger partial charge in [0.05, 0.1) is 0 Å². The van der Waals surface area contributed by atoms with Crippen LogP contribution >= 0.6 is 0 Å². The summed E-state index contributed by atoms with van der Waals surface area (Å²) in [6.07, 6.45) is 9.29. The van der Waals surface area contributed by atoms with Gasteiger partial charge < -0.3 is 18.9 Å². The lowest BCUT2D eigenvalue weighted by Gasteiger charge is -2.36. The van der Waals surface area contributed by atoms with Crippen LogP contribution in [0.25, 0.3) is 0 Å². The fourth-order valence-electron chi connectivity index (χ4n) is 2.34. The van der Waals surface area contributed by atoms with Crippen molar-refractivity contribution in [2.45, 2.75) is 52.6 Å². The second-order valence-electron chi connectivity index (χ2n) is 7.38. The van der Waals surface area contributed by atoms with Crippen LogP contribution in [0.1, 0.15) is 41.0 Å². The molecule has 2 saturated heterocycles. The monoisotopic (exact) mass is 404 g/mol. The minimum absolute atomic E-state index is 0.158. The molecule has 0 atom stereocenters. The molecule has 0 unspecified atom stereocenters. The Labute approximate surface area is 168 Å². The van der Waals surface area contributed by atoms with Gasteiger partial charge in [0.15, 0.2) is 0 Å². The number of esters is 4. The minimum atomic E-state index is -1.28.